The smallest absolute Gasteiger partial charge is 0.326 e. The fourth-order valence-electron chi connectivity index (χ4n) is 2.20. The van der Waals surface area contributed by atoms with Crippen LogP contribution in [0.15, 0.2) is 23.9 Å². The van der Waals surface area contributed by atoms with Crippen molar-refractivity contribution in [3.8, 4) is 17.6 Å². The zero-order chi connectivity index (χ0) is 20.6. The summed E-state index contributed by atoms with van der Waals surface area (Å²) in [5, 5.41) is 23.9. The summed E-state index contributed by atoms with van der Waals surface area (Å²) < 4.78 is 10.3. The molecule has 0 aromatic heterocycles. The molecule has 0 aliphatic rings. The van der Waals surface area contributed by atoms with E-state index in [1.54, 1.807) is 12.1 Å². The van der Waals surface area contributed by atoms with Crippen molar-refractivity contribution in [2.75, 3.05) is 19.5 Å². The Kier molecular flexibility index (Phi) is 8.42. The lowest BCUT2D eigenvalue weighted by Gasteiger charge is -2.16. The van der Waals surface area contributed by atoms with Gasteiger partial charge in [-0.2, -0.15) is 5.26 Å². The Morgan fingerprint density at radius 1 is 1.30 bits per heavy atom. The first kappa shape index (κ1) is 22.1. The number of amides is 1. The van der Waals surface area contributed by atoms with Gasteiger partial charge in [-0.25, -0.2) is 4.79 Å². The van der Waals surface area contributed by atoms with Gasteiger partial charge in [0.15, 0.2) is 0 Å². The lowest BCUT2D eigenvalue weighted by molar-refractivity contribution is -0.141. The molecule has 3 N–H and O–H groups in total. The molecule has 0 spiro atoms. The van der Waals surface area contributed by atoms with Crippen LogP contribution in [0.1, 0.15) is 20.3 Å². The van der Waals surface area contributed by atoms with E-state index in [4.69, 9.17) is 21.1 Å². The number of carbonyl (C=O) groups is 2. The number of halogens is 1. The van der Waals surface area contributed by atoms with E-state index in [0.717, 1.165) is 6.20 Å². The van der Waals surface area contributed by atoms with E-state index in [1.807, 2.05) is 13.8 Å². The number of hydrogen-bond donors (Lipinski definition) is 3. The minimum atomic E-state index is -1.16. The molecule has 0 heterocycles. The van der Waals surface area contributed by atoms with E-state index in [0.29, 0.717) is 22.2 Å². The molecule has 1 aromatic carbocycles. The third-order valence-electron chi connectivity index (χ3n) is 3.52. The molecule has 0 aliphatic heterocycles. The van der Waals surface area contributed by atoms with Gasteiger partial charge in [-0.15, -0.1) is 0 Å². The topological polar surface area (TPSA) is 121 Å². The molecule has 8 nitrogen and oxygen atoms in total. The second-order valence-corrected chi connectivity index (χ2v) is 6.40. The summed E-state index contributed by atoms with van der Waals surface area (Å²) in [6.45, 7) is 3.68. The lowest BCUT2D eigenvalue weighted by atomic mass is 10.0. The number of nitrogens with one attached hydrogen (secondary N) is 2. The molecule has 0 bridgehead atoms. The standard InChI is InChI=1S/C18H22ClN3O5/c1-10(2)5-14(18(24)25)22-17(23)11(8-20)9-21-13-7-15(26-3)12(19)6-16(13)27-4/h6-7,9-10,14,21H,5H2,1-4H3,(H,22,23)(H,24,25)/b11-9-. The molecular formula is C18H22ClN3O5. The summed E-state index contributed by atoms with van der Waals surface area (Å²) in [5.41, 5.74) is 0.122. The average Bonchev–Trinajstić information content (AvgIpc) is 2.61. The van der Waals surface area contributed by atoms with Crippen molar-refractivity contribution in [1.29, 1.82) is 5.26 Å². The van der Waals surface area contributed by atoms with E-state index in [2.05, 4.69) is 10.6 Å². The van der Waals surface area contributed by atoms with Gasteiger partial charge in [0.05, 0.1) is 24.9 Å². The fourth-order valence-corrected chi connectivity index (χ4v) is 2.43. The number of carboxylic acids is 1. The summed E-state index contributed by atoms with van der Waals surface area (Å²) in [6.07, 6.45) is 1.41. The van der Waals surface area contributed by atoms with Crippen LogP contribution in [0.5, 0.6) is 11.5 Å². The van der Waals surface area contributed by atoms with Crippen molar-refractivity contribution in [2.45, 2.75) is 26.3 Å². The molecule has 27 heavy (non-hydrogen) atoms. The number of aliphatic carboxylic acids is 1. The summed E-state index contributed by atoms with van der Waals surface area (Å²) in [7, 11) is 2.89. The van der Waals surface area contributed by atoms with Gasteiger partial charge >= 0.3 is 5.97 Å². The van der Waals surface area contributed by atoms with E-state index in [9.17, 15) is 20.0 Å². The first-order valence-electron chi connectivity index (χ1n) is 8.05. The van der Waals surface area contributed by atoms with Crippen LogP contribution in [0, 0.1) is 17.2 Å². The molecule has 146 valence electrons. The third-order valence-corrected chi connectivity index (χ3v) is 3.82. The maximum Gasteiger partial charge on any atom is 0.326 e. The van der Waals surface area contributed by atoms with E-state index in [1.165, 1.54) is 20.3 Å². The molecule has 0 saturated carbocycles. The van der Waals surface area contributed by atoms with E-state index >= 15 is 0 Å². The molecular weight excluding hydrogens is 374 g/mol. The van der Waals surface area contributed by atoms with Crippen LogP contribution < -0.4 is 20.1 Å². The maximum absolute atomic E-state index is 12.2. The molecule has 1 amide bonds. The summed E-state index contributed by atoms with van der Waals surface area (Å²) in [5.74, 6) is -1.15. The summed E-state index contributed by atoms with van der Waals surface area (Å²) in [4.78, 5) is 23.5. The van der Waals surface area contributed by atoms with Gasteiger partial charge in [-0.1, -0.05) is 25.4 Å². The van der Waals surface area contributed by atoms with Gasteiger partial charge in [-0.3, -0.25) is 4.79 Å². The van der Waals surface area contributed by atoms with Crippen LogP contribution in [0.3, 0.4) is 0 Å². The molecule has 1 atom stereocenters. The predicted molar refractivity (Wildman–Crippen MR) is 101 cm³/mol. The Balaban J connectivity index is 3.02. The SMILES string of the molecule is COc1cc(N/C=C(/C#N)C(=O)NC(CC(C)C)C(=O)O)c(OC)cc1Cl. The second kappa shape index (κ2) is 10.3. The van der Waals surface area contributed by atoms with Crippen LogP contribution in [0.25, 0.3) is 0 Å². The lowest BCUT2D eigenvalue weighted by Crippen LogP contribution is -2.42. The van der Waals surface area contributed by atoms with E-state index in [-0.39, 0.29) is 17.9 Å². The zero-order valence-corrected chi connectivity index (χ0v) is 16.3. The molecule has 1 unspecified atom stereocenters. The normalized spacial score (nSPS) is 12.1. The molecule has 0 fully saturated rings. The molecule has 1 aromatic rings. The van der Waals surface area contributed by atoms with Crippen molar-refractivity contribution in [1.82, 2.24) is 5.32 Å². The Morgan fingerprint density at radius 3 is 2.41 bits per heavy atom. The maximum atomic E-state index is 12.2. The first-order valence-corrected chi connectivity index (χ1v) is 8.43. The molecule has 1 rings (SSSR count). The Morgan fingerprint density at radius 2 is 1.93 bits per heavy atom. The van der Waals surface area contributed by atoms with Crippen LogP contribution in [0.2, 0.25) is 5.02 Å². The molecule has 9 heteroatoms. The highest BCUT2D eigenvalue weighted by Gasteiger charge is 2.23. The molecule has 0 aliphatic carbocycles. The molecule has 0 radical (unpaired) electrons. The van der Waals surface area contributed by atoms with Gasteiger partial charge in [0.25, 0.3) is 5.91 Å². The van der Waals surface area contributed by atoms with E-state index < -0.39 is 17.9 Å². The number of ether oxygens (including phenoxy) is 2. The van der Waals surface area contributed by atoms with Crippen LogP contribution >= 0.6 is 11.6 Å². The summed E-state index contributed by atoms with van der Waals surface area (Å²) >= 11 is 6.03. The van der Waals surface area contributed by atoms with Crippen molar-refractivity contribution in [2.24, 2.45) is 5.92 Å². The number of anilines is 1. The monoisotopic (exact) mass is 395 g/mol. The molecule has 0 saturated heterocycles. The minimum Gasteiger partial charge on any atom is -0.495 e. The van der Waals surface area contributed by atoms with Gasteiger partial charge in [0, 0.05) is 18.3 Å². The highest BCUT2D eigenvalue weighted by molar-refractivity contribution is 6.32. The van der Waals surface area contributed by atoms with Crippen molar-refractivity contribution in [3.63, 3.8) is 0 Å². The van der Waals surface area contributed by atoms with Crippen molar-refractivity contribution >= 4 is 29.2 Å². The second-order valence-electron chi connectivity index (χ2n) is 6.00. The zero-order valence-electron chi connectivity index (χ0n) is 15.5. The van der Waals surface area contributed by atoms with Gasteiger partial charge in [-0.05, 0) is 12.3 Å². The quantitative estimate of drug-likeness (QED) is 0.434. The minimum absolute atomic E-state index is 0.0600. The Bertz CT molecular complexity index is 771. The number of hydrogen-bond acceptors (Lipinski definition) is 6. The third kappa shape index (κ3) is 6.38. The van der Waals surface area contributed by atoms with Crippen LogP contribution in [-0.2, 0) is 9.59 Å². The Hall–Kier alpha value is -2.92. The van der Waals surface area contributed by atoms with Gasteiger partial charge in [0.1, 0.15) is 29.2 Å². The predicted octanol–water partition coefficient (Wildman–Crippen LogP) is 2.79. The number of nitriles is 1. The number of methoxy groups -OCH3 is 2. The largest absolute Gasteiger partial charge is 0.495 e. The van der Waals surface area contributed by atoms with Gasteiger partial charge in [0.2, 0.25) is 0 Å². The number of rotatable bonds is 9. The average molecular weight is 396 g/mol. The Labute approximate surface area is 162 Å². The fraction of sp³-hybridized carbons (Fsp3) is 0.389. The highest BCUT2D eigenvalue weighted by atomic mass is 35.5. The first-order chi connectivity index (χ1) is 12.7. The number of carbonyl (C=O) groups excluding carboxylic acids is 1. The van der Waals surface area contributed by atoms with Gasteiger partial charge < -0.3 is 25.2 Å². The van der Waals surface area contributed by atoms with Crippen molar-refractivity contribution in [3.05, 3.63) is 28.9 Å². The number of carboxylic acid groups (broad SMARTS) is 1. The number of nitrogens with zero attached hydrogens (tertiary/aromatic N) is 1. The van der Waals surface area contributed by atoms with Crippen LogP contribution in [-0.4, -0.2) is 37.2 Å². The summed E-state index contributed by atoms with van der Waals surface area (Å²) in [6, 6.07) is 3.72. The van der Waals surface area contributed by atoms with Crippen molar-refractivity contribution < 1.29 is 24.2 Å². The van der Waals surface area contributed by atoms with Crippen LogP contribution in [0.4, 0.5) is 5.69 Å². The highest BCUT2D eigenvalue weighted by Crippen LogP contribution is 2.35. The number of benzene rings is 1.